The Morgan fingerprint density at radius 3 is 2.28 bits per heavy atom. The van der Waals surface area contributed by atoms with Crippen molar-refractivity contribution in [3.05, 3.63) is 46.5 Å². The molecule has 2 aliphatic rings. The molecule has 0 saturated carbocycles. The second-order valence-corrected chi connectivity index (χ2v) is 15.1. The van der Waals surface area contributed by atoms with Crippen molar-refractivity contribution in [3.63, 3.8) is 0 Å². The molecule has 0 unspecified atom stereocenters. The number of carbonyl (C=O) groups excluding carboxylic acids is 4. The molecule has 2 heterocycles. The van der Waals surface area contributed by atoms with E-state index in [0.717, 1.165) is 37.8 Å². The lowest BCUT2D eigenvalue weighted by atomic mass is 9.84. The molecule has 0 bridgehead atoms. The van der Waals surface area contributed by atoms with Crippen molar-refractivity contribution in [1.82, 2.24) is 25.3 Å². The monoisotopic (exact) mass is 657 g/mol. The number of nitrogens with one attached hydrogen (secondary N) is 2. The topological polar surface area (TPSA) is 102 Å². The van der Waals surface area contributed by atoms with Crippen molar-refractivity contribution in [3.8, 4) is 0 Å². The van der Waals surface area contributed by atoms with E-state index in [2.05, 4.69) is 29.4 Å². The molecule has 2 fully saturated rings. The van der Waals surface area contributed by atoms with E-state index in [4.69, 9.17) is 11.6 Å². The molecule has 3 rings (SSSR count). The van der Waals surface area contributed by atoms with Gasteiger partial charge in [-0.05, 0) is 82.0 Å². The van der Waals surface area contributed by atoms with E-state index in [0.29, 0.717) is 30.1 Å². The summed E-state index contributed by atoms with van der Waals surface area (Å²) in [5.74, 6) is -0.699. The minimum absolute atomic E-state index is 0.00170. The Hall–Kier alpha value is -2.91. The maximum atomic E-state index is 14.1. The fourth-order valence-corrected chi connectivity index (χ4v) is 6.85. The lowest BCUT2D eigenvalue weighted by molar-refractivity contribution is -0.142. The molecule has 1 aromatic carbocycles. The van der Waals surface area contributed by atoms with Crippen molar-refractivity contribution in [2.75, 3.05) is 20.1 Å². The Bertz CT molecular complexity index is 1270. The van der Waals surface area contributed by atoms with Crippen LogP contribution < -0.4 is 10.6 Å². The van der Waals surface area contributed by atoms with Crippen molar-refractivity contribution < 1.29 is 19.2 Å². The Labute approximate surface area is 281 Å². The number of rotatable bonds is 11. The fraction of sp³-hybridized carbons (Fsp3) is 0.667. The smallest absolute Gasteiger partial charge is 0.249 e. The van der Waals surface area contributed by atoms with Crippen LogP contribution in [0.4, 0.5) is 0 Å². The highest BCUT2D eigenvalue weighted by Gasteiger charge is 2.40. The first-order valence-electron chi connectivity index (χ1n) is 16.9. The van der Waals surface area contributed by atoms with Crippen LogP contribution in [0.3, 0.4) is 0 Å². The van der Waals surface area contributed by atoms with Crippen molar-refractivity contribution in [2.24, 2.45) is 11.3 Å². The highest BCUT2D eigenvalue weighted by molar-refractivity contribution is 6.30. The molecular formula is C36H56ClN5O4. The molecule has 46 heavy (non-hydrogen) atoms. The van der Waals surface area contributed by atoms with Gasteiger partial charge >= 0.3 is 0 Å². The summed E-state index contributed by atoms with van der Waals surface area (Å²) in [6.45, 7) is 17.6. The maximum absolute atomic E-state index is 14.1. The number of benzene rings is 1. The number of hydrogen-bond donors (Lipinski definition) is 2. The molecule has 9 nitrogen and oxygen atoms in total. The normalized spacial score (nSPS) is 20.9. The van der Waals surface area contributed by atoms with Crippen LogP contribution in [-0.2, 0) is 25.7 Å². The Balaban J connectivity index is 1.74. The van der Waals surface area contributed by atoms with Gasteiger partial charge in [0.2, 0.25) is 23.6 Å². The van der Waals surface area contributed by atoms with Gasteiger partial charge in [0.05, 0.1) is 12.1 Å². The zero-order valence-corrected chi connectivity index (χ0v) is 30.1. The molecule has 256 valence electrons. The minimum Gasteiger partial charge on any atom is -0.350 e. The SMILES string of the molecule is CC(=C[C@H](C(C)C)N(C)C(=O)[C@@H](NC(=O)[C@H]1CCCCN1C(C)C)C(C)(C)C)C(=O)N1CCC[C@H]1C(=O)NCc1cccc(Cl)c1. The third-order valence-corrected chi connectivity index (χ3v) is 9.55. The molecule has 2 N–H and O–H groups in total. The third kappa shape index (κ3) is 9.57. The first kappa shape index (κ1) is 37.5. The Morgan fingerprint density at radius 2 is 1.67 bits per heavy atom. The number of likely N-dealkylation sites (tertiary alicyclic amines) is 2. The molecule has 10 heteroatoms. The Kier molecular flexibility index (Phi) is 13.3. The predicted molar refractivity (Wildman–Crippen MR) is 184 cm³/mol. The lowest BCUT2D eigenvalue weighted by Gasteiger charge is -2.41. The summed E-state index contributed by atoms with van der Waals surface area (Å²) in [5, 5.41) is 6.69. The summed E-state index contributed by atoms with van der Waals surface area (Å²) < 4.78 is 0. The van der Waals surface area contributed by atoms with Gasteiger partial charge in [-0.15, -0.1) is 0 Å². The first-order valence-corrected chi connectivity index (χ1v) is 17.2. The fourth-order valence-electron chi connectivity index (χ4n) is 6.63. The van der Waals surface area contributed by atoms with Crippen molar-refractivity contribution in [1.29, 1.82) is 0 Å². The van der Waals surface area contributed by atoms with Crippen LogP contribution in [0.25, 0.3) is 0 Å². The molecule has 2 aliphatic heterocycles. The molecule has 4 amide bonds. The highest BCUT2D eigenvalue weighted by atomic mass is 35.5. The van der Waals surface area contributed by atoms with Gasteiger partial charge in [0.1, 0.15) is 12.1 Å². The molecule has 0 radical (unpaired) electrons. The lowest BCUT2D eigenvalue weighted by Crippen LogP contribution is -2.60. The van der Waals surface area contributed by atoms with E-state index < -0.39 is 23.5 Å². The van der Waals surface area contributed by atoms with Crippen LogP contribution in [0.15, 0.2) is 35.9 Å². The van der Waals surface area contributed by atoms with Gasteiger partial charge in [0, 0.05) is 36.8 Å². The molecular weight excluding hydrogens is 602 g/mol. The largest absolute Gasteiger partial charge is 0.350 e. The van der Waals surface area contributed by atoms with Crippen LogP contribution in [-0.4, -0.2) is 88.7 Å². The summed E-state index contributed by atoms with van der Waals surface area (Å²) in [6.07, 6.45) is 6.01. The average Bonchev–Trinajstić information content (AvgIpc) is 3.49. The quantitative estimate of drug-likeness (QED) is 0.320. The summed E-state index contributed by atoms with van der Waals surface area (Å²) in [5.41, 5.74) is 0.843. The molecule has 0 aromatic heterocycles. The third-order valence-electron chi connectivity index (χ3n) is 9.32. The van der Waals surface area contributed by atoms with Crippen LogP contribution in [0.5, 0.6) is 0 Å². The van der Waals surface area contributed by atoms with Gasteiger partial charge in [-0.1, -0.05) is 70.8 Å². The van der Waals surface area contributed by atoms with Gasteiger partial charge in [-0.2, -0.15) is 0 Å². The van der Waals surface area contributed by atoms with Crippen LogP contribution in [0, 0.1) is 11.3 Å². The number of hydrogen-bond acceptors (Lipinski definition) is 5. The van der Waals surface area contributed by atoms with E-state index >= 15 is 0 Å². The second kappa shape index (κ2) is 16.3. The zero-order chi connectivity index (χ0) is 34.3. The van der Waals surface area contributed by atoms with E-state index in [1.165, 1.54) is 0 Å². The van der Waals surface area contributed by atoms with Gasteiger partial charge in [0.15, 0.2) is 0 Å². The van der Waals surface area contributed by atoms with E-state index in [1.807, 2.05) is 58.9 Å². The molecule has 2 saturated heterocycles. The Morgan fingerprint density at radius 1 is 1.00 bits per heavy atom. The van der Waals surface area contributed by atoms with Crippen molar-refractivity contribution in [2.45, 2.75) is 124 Å². The standard InChI is InChI=1S/C36H56ClN5O4/c1-23(2)30(40(9)35(46)31(36(6,7)8)39-33(44)29-16-10-11-18-41(29)24(3)4)20-25(5)34(45)42-19-13-17-28(42)32(43)38-22-26-14-12-15-27(37)21-26/h12,14-15,20-21,23-24,28-31H,10-11,13,16-19,22H2,1-9H3,(H,38,43)(H,39,44)/t28-,29+,30+,31+/m0/s1. The van der Waals surface area contributed by atoms with Gasteiger partial charge in [-0.25, -0.2) is 0 Å². The van der Waals surface area contributed by atoms with E-state index in [1.54, 1.807) is 29.8 Å². The number of carbonyl (C=O) groups is 4. The van der Waals surface area contributed by atoms with Gasteiger partial charge in [-0.3, -0.25) is 24.1 Å². The van der Waals surface area contributed by atoms with E-state index in [9.17, 15) is 19.2 Å². The summed E-state index contributed by atoms with van der Waals surface area (Å²) >= 11 is 6.08. The number of nitrogens with zero attached hydrogens (tertiary/aromatic N) is 3. The summed E-state index contributed by atoms with van der Waals surface area (Å²) in [4.78, 5) is 60.2. The first-order chi connectivity index (χ1) is 21.5. The predicted octanol–water partition coefficient (Wildman–Crippen LogP) is 5.17. The highest BCUT2D eigenvalue weighted by Crippen LogP contribution is 2.27. The number of halogens is 1. The number of amides is 4. The summed E-state index contributed by atoms with van der Waals surface area (Å²) in [7, 11) is 1.75. The zero-order valence-electron chi connectivity index (χ0n) is 29.4. The average molecular weight is 658 g/mol. The minimum atomic E-state index is -0.738. The summed E-state index contributed by atoms with van der Waals surface area (Å²) in [6, 6.07) is 5.62. The van der Waals surface area contributed by atoms with Crippen molar-refractivity contribution >= 4 is 35.2 Å². The van der Waals surface area contributed by atoms with Crippen LogP contribution >= 0.6 is 11.6 Å². The van der Waals surface area contributed by atoms with Gasteiger partial charge in [0.25, 0.3) is 0 Å². The molecule has 0 aliphatic carbocycles. The second-order valence-electron chi connectivity index (χ2n) is 14.7. The molecule has 0 spiro atoms. The molecule has 4 atom stereocenters. The number of piperidine rings is 1. The number of likely N-dealkylation sites (N-methyl/N-ethyl adjacent to an activating group) is 1. The van der Waals surface area contributed by atoms with Crippen LogP contribution in [0.1, 0.15) is 93.1 Å². The molecule has 1 aromatic rings. The van der Waals surface area contributed by atoms with Crippen LogP contribution in [0.2, 0.25) is 5.02 Å². The van der Waals surface area contributed by atoms with Gasteiger partial charge < -0.3 is 20.4 Å². The maximum Gasteiger partial charge on any atom is 0.249 e. The van der Waals surface area contributed by atoms with E-state index in [-0.39, 0.29) is 41.6 Å².